The lowest BCUT2D eigenvalue weighted by atomic mass is 10.1. The van der Waals surface area contributed by atoms with Gasteiger partial charge in [-0.25, -0.2) is 4.79 Å². The first-order chi connectivity index (χ1) is 9.20. The maximum absolute atomic E-state index is 12.2. The van der Waals surface area contributed by atoms with E-state index < -0.39 is 18.1 Å². The van der Waals surface area contributed by atoms with E-state index in [1.807, 2.05) is 0 Å². The fourth-order valence-electron chi connectivity index (χ4n) is 1.28. The van der Waals surface area contributed by atoms with Crippen LogP contribution in [-0.2, 0) is 9.53 Å². The number of ether oxygens (including phenoxy) is 2. The van der Waals surface area contributed by atoms with Crippen molar-refractivity contribution in [1.82, 2.24) is 0 Å². The van der Waals surface area contributed by atoms with Crippen LogP contribution in [0.15, 0.2) is 12.1 Å². The van der Waals surface area contributed by atoms with E-state index in [1.54, 1.807) is 5.32 Å². The Morgan fingerprint density at radius 2 is 1.85 bits per heavy atom. The minimum Gasteiger partial charge on any atom is -0.496 e. The zero-order valence-corrected chi connectivity index (χ0v) is 11.1. The van der Waals surface area contributed by atoms with Crippen molar-refractivity contribution in [1.29, 1.82) is 0 Å². The van der Waals surface area contributed by atoms with Crippen LogP contribution in [0.4, 0.5) is 18.9 Å². The fraction of sp³-hybridized carbons (Fsp3) is 0.273. The Morgan fingerprint density at radius 1 is 1.25 bits per heavy atom. The van der Waals surface area contributed by atoms with E-state index in [1.165, 1.54) is 7.11 Å². The molecule has 0 heterocycles. The second-order valence-corrected chi connectivity index (χ2v) is 3.88. The molecule has 1 aromatic carbocycles. The van der Waals surface area contributed by atoms with E-state index in [4.69, 9.17) is 16.3 Å². The van der Waals surface area contributed by atoms with Crippen LogP contribution in [0.3, 0.4) is 0 Å². The Hall–Kier alpha value is -1.96. The quantitative estimate of drug-likeness (QED) is 0.872. The van der Waals surface area contributed by atoms with Crippen molar-refractivity contribution in [2.75, 3.05) is 19.5 Å². The van der Waals surface area contributed by atoms with Gasteiger partial charge in [0.15, 0.2) is 0 Å². The molecule has 20 heavy (non-hydrogen) atoms. The van der Waals surface area contributed by atoms with Crippen molar-refractivity contribution in [2.24, 2.45) is 0 Å². The molecule has 0 aliphatic rings. The first kappa shape index (κ1) is 16.1. The monoisotopic (exact) mass is 311 g/mol. The number of methoxy groups -OCH3 is 2. The number of hydrogen-bond acceptors (Lipinski definition) is 4. The largest absolute Gasteiger partial charge is 0.496 e. The minimum absolute atomic E-state index is 0.0787. The number of carbonyl (C=O) groups excluding carboxylic acids is 2. The molecule has 0 saturated heterocycles. The van der Waals surface area contributed by atoms with Gasteiger partial charge in [-0.1, -0.05) is 11.6 Å². The Morgan fingerprint density at radius 3 is 2.30 bits per heavy atom. The van der Waals surface area contributed by atoms with Crippen LogP contribution in [-0.4, -0.2) is 32.3 Å². The fourth-order valence-corrected chi connectivity index (χ4v) is 1.49. The standard InChI is InChI=1S/C11H9ClF3NO4/c1-19-8-4-7(16-10(18)11(13,14)15)6(12)3-5(8)9(17)20-2/h3-4H,1-2H3,(H,16,18). The molecule has 9 heteroatoms. The number of hydrogen-bond donors (Lipinski definition) is 1. The highest BCUT2D eigenvalue weighted by atomic mass is 35.5. The van der Waals surface area contributed by atoms with Gasteiger partial charge < -0.3 is 14.8 Å². The number of halogens is 4. The summed E-state index contributed by atoms with van der Waals surface area (Å²) in [5.41, 5.74) is -0.413. The zero-order chi connectivity index (χ0) is 15.5. The topological polar surface area (TPSA) is 64.6 Å². The summed E-state index contributed by atoms with van der Waals surface area (Å²) in [6, 6.07) is 2.04. The lowest BCUT2D eigenvalue weighted by Crippen LogP contribution is -2.30. The van der Waals surface area contributed by atoms with E-state index in [-0.39, 0.29) is 22.0 Å². The number of amides is 1. The van der Waals surface area contributed by atoms with Crippen LogP contribution in [0.2, 0.25) is 5.02 Å². The van der Waals surface area contributed by atoms with Crippen molar-refractivity contribution < 1.29 is 32.2 Å². The molecule has 110 valence electrons. The van der Waals surface area contributed by atoms with E-state index in [2.05, 4.69) is 4.74 Å². The van der Waals surface area contributed by atoms with Crippen LogP contribution >= 0.6 is 11.6 Å². The molecule has 0 aliphatic carbocycles. The first-order valence-corrected chi connectivity index (χ1v) is 5.42. The second-order valence-electron chi connectivity index (χ2n) is 3.48. The zero-order valence-electron chi connectivity index (χ0n) is 10.3. The number of anilines is 1. The summed E-state index contributed by atoms with van der Waals surface area (Å²) >= 11 is 5.71. The Kier molecular flexibility index (Phi) is 4.83. The molecule has 0 radical (unpaired) electrons. The maximum Gasteiger partial charge on any atom is 0.471 e. The molecule has 1 rings (SSSR count). The summed E-state index contributed by atoms with van der Waals surface area (Å²) in [6.45, 7) is 0. The van der Waals surface area contributed by atoms with Crippen molar-refractivity contribution in [3.8, 4) is 5.75 Å². The number of benzene rings is 1. The number of alkyl halides is 3. The van der Waals surface area contributed by atoms with Crippen LogP contribution in [0.5, 0.6) is 5.75 Å². The number of carbonyl (C=O) groups is 2. The van der Waals surface area contributed by atoms with Crippen molar-refractivity contribution in [2.45, 2.75) is 6.18 Å². The normalized spacial score (nSPS) is 10.9. The highest BCUT2D eigenvalue weighted by Crippen LogP contribution is 2.32. The first-order valence-electron chi connectivity index (χ1n) is 5.04. The molecule has 0 bridgehead atoms. The molecule has 0 fully saturated rings. The highest BCUT2D eigenvalue weighted by molar-refractivity contribution is 6.34. The summed E-state index contributed by atoms with van der Waals surface area (Å²) in [7, 11) is 2.32. The number of rotatable bonds is 3. The average molecular weight is 312 g/mol. The summed E-state index contributed by atoms with van der Waals surface area (Å²) in [4.78, 5) is 22.2. The molecule has 1 N–H and O–H groups in total. The van der Waals surface area contributed by atoms with Crippen LogP contribution in [0, 0.1) is 0 Å². The lowest BCUT2D eigenvalue weighted by Gasteiger charge is -2.13. The molecule has 1 amide bonds. The van der Waals surface area contributed by atoms with Gasteiger partial charge in [0.05, 0.1) is 24.9 Å². The van der Waals surface area contributed by atoms with E-state index in [0.717, 1.165) is 19.2 Å². The lowest BCUT2D eigenvalue weighted by molar-refractivity contribution is -0.167. The van der Waals surface area contributed by atoms with Gasteiger partial charge >= 0.3 is 18.1 Å². The molecule has 0 saturated carbocycles. The summed E-state index contributed by atoms with van der Waals surface area (Å²) in [6.07, 6.45) is -5.06. The average Bonchev–Trinajstić information content (AvgIpc) is 2.38. The molecule has 5 nitrogen and oxygen atoms in total. The Balaban J connectivity index is 3.18. The second kappa shape index (κ2) is 6.00. The van der Waals surface area contributed by atoms with Gasteiger partial charge in [-0.3, -0.25) is 4.79 Å². The van der Waals surface area contributed by atoms with Gasteiger partial charge in [0, 0.05) is 6.07 Å². The smallest absolute Gasteiger partial charge is 0.471 e. The van der Waals surface area contributed by atoms with Gasteiger partial charge in [-0.2, -0.15) is 13.2 Å². The van der Waals surface area contributed by atoms with Gasteiger partial charge in [-0.05, 0) is 6.07 Å². The van der Waals surface area contributed by atoms with Gasteiger partial charge in [0.1, 0.15) is 11.3 Å². The third-order valence-corrected chi connectivity index (χ3v) is 2.51. The third kappa shape index (κ3) is 3.53. The molecule has 0 aromatic heterocycles. The SMILES string of the molecule is COC(=O)c1cc(Cl)c(NC(=O)C(F)(F)F)cc1OC. The molecule has 1 aromatic rings. The van der Waals surface area contributed by atoms with Gasteiger partial charge in [0.2, 0.25) is 0 Å². The molecular formula is C11H9ClF3NO4. The highest BCUT2D eigenvalue weighted by Gasteiger charge is 2.39. The predicted octanol–water partition coefficient (Wildman–Crippen LogP) is 2.64. The maximum atomic E-state index is 12.2. The number of nitrogens with one attached hydrogen (secondary N) is 1. The van der Waals surface area contributed by atoms with E-state index in [9.17, 15) is 22.8 Å². The minimum atomic E-state index is -5.06. The van der Waals surface area contributed by atoms with E-state index in [0.29, 0.717) is 0 Å². The van der Waals surface area contributed by atoms with Gasteiger partial charge in [-0.15, -0.1) is 0 Å². The van der Waals surface area contributed by atoms with E-state index >= 15 is 0 Å². The molecule has 0 atom stereocenters. The molecule has 0 spiro atoms. The molecular weight excluding hydrogens is 303 g/mol. The summed E-state index contributed by atoms with van der Waals surface area (Å²) in [5.74, 6) is -3.05. The Bertz CT molecular complexity index is 545. The summed E-state index contributed by atoms with van der Waals surface area (Å²) < 4.78 is 45.8. The summed E-state index contributed by atoms with van der Waals surface area (Å²) in [5, 5.41) is 1.32. The van der Waals surface area contributed by atoms with Gasteiger partial charge in [0.25, 0.3) is 0 Å². The predicted molar refractivity (Wildman–Crippen MR) is 64.0 cm³/mol. The Labute approximate surface area is 116 Å². The van der Waals surface area contributed by atoms with Crippen LogP contribution < -0.4 is 10.1 Å². The third-order valence-electron chi connectivity index (χ3n) is 2.20. The van der Waals surface area contributed by atoms with Crippen LogP contribution in [0.1, 0.15) is 10.4 Å². The molecule has 0 aliphatic heterocycles. The van der Waals surface area contributed by atoms with Crippen molar-refractivity contribution in [3.05, 3.63) is 22.7 Å². The van der Waals surface area contributed by atoms with Crippen molar-refractivity contribution >= 4 is 29.2 Å². The number of esters is 1. The van der Waals surface area contributed by atoms with Crippen LogP contribution in [0.25, 0.3) is 0 Å². The van der Waals surface area contributed by atoms with Crippen molar-refractivity contribution in [3.63, 3.8) is 0 Å². The molecule has 0 unspecified atom stereocenters.